The summed E-state index contributed by atoms with van der Waals surface area (Å²) in [5.41, 5.74) is 7.65. The summed E-state index contributed by atoms with van der Waals surface area (Å²) in [6.45, 7) is 1.85. The predicted octanol–water partition coefficient (Wildman–Crippen LogP) is 5.27. The number of amides is 1. The highest BCUT2D eigenvalue weighted by atomic mass is 16.5. The van der Waals surface area contributed by atoms with Crippen LogP contribution < -0.4 is 19.6 Å². The van der Waals surface area contributed by atoms with E-state index < -0.39 is 0 Å². The molecule has 0 saturated carbocycles. The van der Waals surface area contributed by atoms with Crippen molar-refractivity contribution >= 4 is 22.5 Å². The summed E-state index contributed by atoms with van der Waals surface area (Å²) in [5, 5.41) is 5.08. The molecular formula is C30H27N5O4. The van der Waals surface area contributed by atoms with Crippen LogP contribution in [0.4, 0.5) is 0 Å². The van der Waals surface area contributed by atoms with Gasteiger partial charge in [0.2, 0.25) is 5.75 Å². The molecular weight excluding hydrogens is 494 g/mol. The van der Waals surface area contributed by atoms with Crippen LogP contribution in [0.3, 0.4) is 0 Å². The molecule has 0 aliphatic heterocycles. The largest absolute Gasteiger partial charge is 0.493 e. The quantitative estimate of drug-likeness (QED) is 0.221. The van der Waals surface area contributed by atoms with Gasteiger partial charge in [0.15, 0.2) is 11.5 Å². The standard InChI is InChI=1S/C30H27N5O4/c1-19(20-9-11-22(12-10-20)35-14-13-31-18-35)33-34-30(36)24-17-26(32-25-8-6-5-7-23(24)25)21-15-27(37-2)29(39-4)28(16-21)38-3/h5-18H,1-4H3,(H,34,36). The lowest BCUT2D eigenvalue weighted by Gasteiger charge is -2.15. The average molecular weight is 522 g/mol. The van der Waals surface area contributed by atoms with E-state index in [4.69, 9.17) is 19.2 Å². The zero-order valence-corrected chi connectivity index (χ0v) is 22.0. The lowest BCUT2D eigenvalue weighted by molar-refractivity contribution is 0.0956. The molecule has 3 aromatic carbocycles. The van der Waals surface area contributed by atoms with E-state index in [0.29, 0.717) is 50.7 Å². The zero-order chi connectivity index (χ0) is 27.4. The molecule has 0 aliphatic rings. The molecule has 0 spiro atoms. The summed E-state index contributed by atoms with van der Waals surface area (Å²) in [7, 11) is 4.66. The summed E-state index contributed by atoms with van der Waals surface area (Å²) >= 11 is 0. The molecule has 2 aromatic heterocycles. The van der Waals surface area contributed by atoms with Gasteiger partial charge in [0.1, 0.15) is 0 Å². The molecule has 5 aromatic rings. The summed E-state index contributed by atoms with van der Waals surface area (Å²) in [6.07, 6.45) is 5.34. The van der Waals surface area contributed by atoms with Crippen LogP contribution in [0.15, 0.2) is 90.6 Å². The number of fused-ring (bicyclic) bond motifs is 1. The Balaban J connectivity index is 1.47. The van der Waals surface area contributed by atoms with Gasteiger partial charge in [-0.3, -0.25) is 4.79 Å². The van der Waals surface area contributed by atoms with E-state index in [0.717, 1.165) is 11.3 Å². The molecule has 9 heteroatoms. The van der Waals surface area contributed by atoms with Crippen molar-refractivity contribution in [3.63, 3.8) is 0 Å². The fourth-order valence-corrected chi connectivity index (χ4v) is 4.29. The molecule has 39 heavy (non-hydrogen) atoms. The van der Waals surface area contributed by atoms with Crippen molar-refractivity contribution in [1.29, 1.82) is 0 Å². The summed E-state index contributed by atoms with van der Waals surface area (Å²) in [5.74, 6) is 1.11. The maximum absolute atomic E-state index is 13.4. The first-order valence-corrected chi connectivity index (χ1v) is 12.2. The van der Waals surface area contributed by atoms with Gasteiger partial charge in [0.25, 0.3) is 5.91 Å². The second kappa shape index (κ2) is 11.1. The Kier molecular flexibility index (Phi) is 7.22. The number of carbonyl (C=O) groups excluding carboxylic acids is 1. The lowest BCUT2D eigenvalue weighted by Crippen LogP contribution is -2.20. The first-order valence-electron chi connectivity index (χ1n) is 12.2. The predicted molar refractivity (Wildman–Crippen MR) is 150 cm³/mol. The molecule has 0 fully saturated rings. The van der Waals surface area contributed by atoms with Gasteiger partial charge in [-0.2, -0.15) is 5.10 Å². The molecule has 0 unspecified atom stereocenters. The van der Waals surface area contributed by atoms with E-state index >= 15 is 0 Å². The van der Waals surface area contributed by atoms with Crippen LogP contribution in [0.5, 0.6) is 17.2 Å². The smallest absolute Gasteiger partial charge is 0.272 e. The van der Waals surface area contributed by atoms with Crippen molar-refractivity contribution in [2.45, 2.75) is 6.92 Å². The lowest BCUT2D eigenvalue weighted by atomic mass is 10.0. The fourth-order valence-electron chi connectivity index (χ4n) is 4.29. The minimum Gasteiger partial charge on any atom is -0.493 e. The molecule has 0 saturated heterocycles. The summed E-state index contributed by atoms with van der Waals surface area (Å²) in [6, 6.07) is 20.7. The first-order chi connectivity index (χ1) is 19.0. The van der Waals surface area contributed by atoms with Gasteiger partial charge in [0, 0.05) is 29.0 Å². The Morgan fingerprint density at radius 3 is 2.28 bits per heavy atom. The van der Waals surface area contributed by atoms with Crippen LogP contribution in [0, 0.1) is 0 Å². The minimum absolute atomic E-state index is 0.350. The third-order valence-corrected chi connectivity index (χ3v) is 6.33. The molecule has 0 atom stereocenters. The van der Waals surface area contributed by atoms with Gasteiger partial charge >= 0.3 is 0 Å². The number of pyridine rings is 1. The molecule has 0 aliphatic carbocycles. The molecule has 5 rings (SSSR count). The van der Waals surface area contributed by atoms with Gasteiger partial charge in [-0.15, -0.1) is 0 Å². The number of aromatic nitrogens is 3. The van der Waals surface area contributed by atoms with E-state index in [1.54, 1.807) is 52.1 Å². The first kappa shape index (κ1) is 25.5. The Labute approximate surface area is 225 Å². The van der Waals surface area contributed by atoms with E-state index in [1.807, 2.05) is 66.2 Å². The number of methoxy groups -OCH3 is 3. The SMILES string of the molecule is COc1cc(-c2cc(C(=O)NN=C(C)c3ccc(-n4ccnc4)cc3)c3ccccc3n2)cc(OC)c1OC. The number of hydrogen-bond donors (Lipinski definition) is 1. The minimum atomic E-state index is -0.350. The maximum Gasteiger partial charge on any atom is 0.272 e. The van der Waals surface area contributed by atoms with Crippen molar-refractivity contribution < 1.29 is 19.0 Å². The number of nitrogens with zero attached hydrogens (tertiary/aromatic N) is 4. The van der Waals surface area contributed by atoms with Crippen molar-refractivity contribution in [1.82, 2.24) is 20.0 Å². The van der Waals surface area contributed by atoms with Gasteiger partial charge in [0.05, 0.1) is 50.1 Å². The highest BCUT2D eigenvalue weighted by molar-refractivity contribution is 6.08. The van der Waals surface area contributed by atoms with Crippen LogP contribution >= 0.6 is 0 Å². The number of rotatable bonds is 8. The normalized spacial score (nSPS) is 11.3. The number of carbonyl (C=O) groups is 1. The Bertz CT molecular complexity index is 1640. The fraction of sp³-hybridized carbons (Fsp3) is 0.133. The number of hydrogen-bond acceptors (Lipinski definition) is 7. The second-order valence-electron chi connectivity index (χ2n) is 8.64. The van der Waals surface area contributed by atoms with Crippen LogP contribution in [-0.2, 0) is 0 Å². The second-order valence-corrected chi connectivity index (χ2v) is 8.64. The summed E-state index contributed by atoms with van der Waals surface area (Å²) < 4.78 is 18.4. The Hall–Kier alpha value is -5.18. The van der Waals surface area contributed by atoms with Gasteiger partial charge < -0.3 is 18.8 Å². The monoisotopic (exact) mass is 521 g/mol. The Morgan fingerprint density at radius 1 is 0.923 bits per heavy atom. The van der Waals surface area contributed by atoms with E-state index in [9.17, 15) is 4.79 Å². The van der Waals surface area contributed by atoms with Gasteiger partial charge in [-0.05, 0) is 48.9 Å². The number of nitrogens with one attached hydrogen (secondary N) is 1. The third kappa shape index (κ3) is 5.15. The van der Waals surface area contributed by atoms with Crippen molar-refractivity contribution in [3.8, 4) is 34.2 Å². The van der Waals surface area contributed by atoms with E-state index in [-0.39, 0.29) is 5.91 Å². The molecule has 1 N–H and O–H groups in total. The number of hydrazone groups is 1. The van der Waals surface area contributed by atoms with Crippen molar-refractivity contribution in [2.75, 3.05) is 21.3 Å². The van der Waals surface area contributed by atoms with E-state index in [2.05, 4.69) is 15.5 Å². The van der Waals surface area contributed by atoms with Crippen LogP contribution in [-0.4, -0.2) is 47.5 Å². The molecule has 2 heterocycles. The zero-order valence-electron chi connectivity index (χ0n) is 22.0. The topological polar surface area (TPSA) is 99.9 Å². The van der Waals surface area contributed by atoms with Crippen LogP contribution in [0.25, 0.3) is 27.8 Å². The molecule has 0 bridgehead atoms. The number of ether oxygens (including phenoxy) is 3. The van der Waals surface area contributed by atoms with Gasteiger partial charge in [-0.1, -0.05) is 30.3 Å². The third-order valence-electron chi connectivity index (χ3n) is 6.33. The molecule has 196 valence electrons. The number of benzene rings is 3. The molecule has 9 nitrogen and oxygen atoms in total. The van der Waals surface area contributed by atoms with Crippen LogP contribution in [0.2, 0.25) is 0 Å². The van der Waals surface area contributed by atoms with Crippen LogP contribution in [0.1, 0.15) is 22.8 Å². The van der Waals surface area contributed by atoms with Crippen molar-refractivity contribution in [2.24, 2.45) is 5.10 Å². The Morgan fingerprint density at radius 2 is 1.64 bits per heavy atom. The molecule has 0 radical (unpaired) electrons. The highest BCUT2D eigenvalue weighted by Gasteiger charge is 2.18. The number of para-hydroxylation sites is 1. The van der Waals surface area contributed by atoms with Crippen molar-refractivity contribution in [3.05, 3.63) is 96.6 Å². The summed E-state index contributed by atoms with van der Waals surface area (Å²) in [4.78, 5) is 22.3. The number of imidazole rings is 1. The highest BCUT2D eigenvalue weighted by Crippen LogP contribution is 2.41. The van der Waals surface area contributed by atoms with E-state index in [1.165, 1.54) is 0 Å². The van der Waals surface area contributed by atoms with Gasteiger partial charge in [-0.25, -0.2) is 15.4 Å². The maximum atomic E-state index is 13.4. The molecule has 1 amide bonds. The average Bonchev–Trinajstić information content (AvgIpc) is 3.53.